The number of carboxylic acids is 1. The van der Waals surface area contributed by atoms with E-state index in [1.165, 1.54) is 0 Å². The summed E-state index contributed by atoms with van der Waals surface area (Å²) in [7, 11) is 0. The van der Waals surface area contributed by atoms with Gasteiger partial charge >= 0.3 is 5.97 Å². The summed E-state index contributed by atoms with van der Waals surface area (Å²) in [4.78, 5) is 17.4. The second-order valence-corrected chi connectivity index (χ2v) is 6.53. The van der Waals surface area contributed by atoms with Gasteiger partial charge in [-0.25, -0.2) is 4.98 Å². The van der Waals surface area contributed by atoms with E-state index in [0.29, 0.717) is 6.54 Å². The fourth-order valence-electron chi connectivity index (χ4n) is 2.06. The number of carbonyl (C=O) groups is 1. The molecular weight excluding hydrogens is 352 g/mol. The van der Waals surface area contributed by atoms with Gasteiger partial charge in [0.2, 0.25) is 0 Å². The van der Waals surface area contributed by atoms with Crippen LogP contribution >= 0.6 is 27.3 Å². The van der Waals surface area contributed by atoms with Gasteiger partial charge in [0.25, 0.3) is 0 Å². The molecule has 0 saturated carbocycles. The average Bonchev–Trinajstić information content (AvgIpc) is 2.87. The van der Waals surface area contributed by atoms with Crippen molar-refractivity contribution in [2.75, 3.05) is 13.1 Å². The molecule has 0 amide bonds. The summed E-state index contributed by atoms with van der Waals surface area (Å²) >= 11 is 5.00. The molecule has 0 fully saturated rings. The molecule has 1 N–H and O–H groups in total. The average molecular weight is 369 g/mol. The highest BCUT2D eigenvalue weighted by molar-refractivity contribution is 9.10. The SMILES string of the molecule is CCCN(CC(=O)O)Cc1csc(-c2ccc(Br)cc2)n1. The number of aliphatic carboxylic acids is 1. The lowest BCUT2D eigenvalue weighted by atomic mass is 10.2. The van der Waals surface area contributed by atoms with Crippen molar-refractivity contribution >= 4 is 33.2 Å². The monoisotopic (exact) mass is 368 g/mol. The van der Waals surface area contributed by atoms with Gasteiger partial charge in [-0.2, -0.15) is 0 Å². The van der Waals surface area contributed by atoms with Crippen molar-refractivity contribution in [2.24, 2.45) is 0 Å². The minimum Gasteiger partial charge on any atom is -0.480 e. The summed E-state index contributed by atoms with van der Waals surface area (Å²) < 4.78 is 1.04. The molecule has 2 rings (SSSR count). The zero-order valence-corrected chi connectivity index (χ0v) is 14.2. The molecular formula is C15H17BrN2O2S. The third-order valence-corrected chi connectivity index (χ3v) is 4.40. The second kappa shape index (κ2) is 7.68. The van der Waals surface area contributed by atoms with E-state index in [-0.39, 0.29) is 6.54 Å². The molecule has 1 heterocycles. The molecule has 21 heavy (non-hydrogen) atoms. The van der Waals surface area contributed by atoms with Gasteiger partial charge in [0.05, 0.1) is 12.2 Å². The summed E-state index contributed by atoms with van der Waals surface area (Å²) in [6.07, 6.45) is 0.928. The molecule has 0 atom stereocenters. The quantitative estimate of drug-likeness (QED) is 0.805. The highest BCUT2D eigenvalue weighted by Gasteiger charge is 2.12. The normalized spacial score (nSPS) is 11.0. The lowest BCUT2D eigenvalue weighted by Crippen LogP contribution is -2.30. The van der Waals surface area contributed by atoms with Crippen molar-refractivity contribution in [1.82, 2.24) is 9.88 Å². The van der Waals surface area contributed by atoms with E-state index >= 15 is 0 Å². The maximum Gasteiger partial charge on any atom is 0.317 e. The number of rotatable bonds is 7. The van der Waals surface area contributed by atoms with E-state index < -0.39 is 5.97 Å². The standard InChI is InChI=1S/C15H17BrN2O2S/c1-2-7-18(9-14(19)20)8-13-10-21-15(17-13)11-3-5-12(16)6-4-11/h3-6,10H,2,7-9H2,1H3,(H,19,20). The topological polar surface area (TPSA) is 53.4 Å². The second-order valence-electron chi connectivity index (χ2n) is 4.76. The van der Waals surface area contributed by atoms with Gasteiger partial charge in [0.1, 0.15) is 5.01 Å². The Bertz CT molecular complexity index is 598. The molecule has 0 aliphatic carbocycles. The van der Waals surface area contributed by atoms with Crippen molar-refractivity contribution in [3.05, 3.63) is 39.8 Å². The van der Waals surface area contributed by atoms with Crippen LogP contribution in [0.25, 0.3) is 10.6 Å². The largest absolute Gasteiger partial charge is 0.480 e. The van der Waals surface area contributed by atoms with E-state index in [2.05, 4.69) is 20.9 Å². The van der Waals surface area contributed by atoms with Gasteiger partial charge in [0.15, 0.2) is 0 Å². The van der Waals surface area contributed by atoms with Gasteiger partial charge < -0.3 is 5.11 Å². The number of hydrogen-bond acceptors (Lipinski definition) is 4. The van der Waals surface area contributed by atoms with Crippen LogP contribution in [0.1, 0.15) is 19.0 Å². The number of aromatic nitrogens is 1. The molecule has 4 nitrogen and oxygen atoms in total. The number of carboxylic acid groups (broad SMARTS) is 1. The Morgan fingerprint density at radius 1 is 1.38 bits per heavy atom. The molecule has 0 bridgehead atoms. The van der Waals surface area contributed by atoms with Gasteiger partial charge in [-0.15, -0.1) is 11.3 Å². The summed E-state index contributed by atoms with van der Waals surface area (Å²) in [5.74, 6) is -0.799. The van der Waals surface area contributed by atoms with Crippen LogP contribution in [0.15, 0.2) is 34.1 Å². The molecule has 112 valence electrons. The zero-order valence-electron chi connectivity index (χ0n) is 11.8. The molecule has 1 aromatic heterocycles. The van der Waals surface area contributed by atoms with Crippen LogP contribution in [0.3, 0.4) is 0 Å². The van der Waals surface area contributed by atoms with E-state index in [9.17, 15) is 4.79 Å². The number of thiazole rings is 1. The molecule has 1 aromatic carbocycles. The highest BCUT2D eigenvalue weighted by Crippen LogP contribution is 2.25. The molecule has 0 unspecified atom stereocenters. The fraction of sp³-hybridized carbons (Fsp3) is 0.333. The van der Waals surface area contributed by atoms with Crippen LogP contribution in [0.4, 0.5) is 0 Å². The molecule has 0 aliphatic heterocycles. The van der Waals surface area contributed by atoms with E-state index in [0.717, 1.165) is 33.7 Å². The highest BCUT2D eigenvalue weighted by atomic mass is 79.9. The van der Waals surface area contributed by atoms with Gasteiger partial charge in [-0.1, -0.05) is 35.0 Å². The van der Waals surface area contributed by atoms with Gasteiger partial charge in [-0.05, 0) is 25.1 Å². The van der Waals surface area contributed by atoms with Crippen molar-refractivity contribution in [1.29, 1.82) is 0 Å². The summed E-state index contributed by atoms with van der Waals surface area (Å²) in [6.45, 7) is 3.44. The summed E-state index contributed by atoms with van der Waals surface area (Å²) in [6, 6.07) is 8.02. The summed E-state index contributed by atoms with van der Waals surface area (Å²) in [5.41, 5.74) is 2.00. The first-order chi connectivity index (χ1) is 10.1. The zero-order chi connectivity index (χ0) is 15.2. The Balaban J connectivity index is 2.07. The number of benzene rings is 1. The molecule has 0 saturated heterocycles. The maximum atomic E-state index is 10.9. The van der Waals surface area contributed by atoms with Crippen LogP contribution in [0.5, 0.6) is 0 Å². The van der Waals surface area contributed by atoms with Gasteiger partial charge in [-0.3, -0.25) is 9.69 Å². The number of hydrogen-bond donors (Lipinski definition) is 1. The van der Waals surface area contributed by atoms with Crippen LogP contribution in [0, 0.1) is 0 Å². The van der Waals surface area contributed by atoms with Crippen molar-refractivity contribution in [3.8, 4) is 10.6 Å². The number of halogens is 1. The molecule has 6 heteroatoms. The first kappa shape index (κ1) is 16.1. The van der Waals surface area contributed by atoms with E-state index in [4.69, 9.17) is 5.11 Å². The molecule has 0 aliphatic rings. The van der Waals surface area contributed by atoms with Crippen LogP contribution in [0.2, 0.25) is 0 Å². The lowest BCUT2D eigenvalue weighted by molar-refractivity contribution is -0.138. The first-order valence-corrected chi connectivity index (χ1v) is 8.40. The Hall–Kier alpha value is -1.24. The van der Waals surface area contributed by atoms with Crippen molar-refractivity contribution in [2.45, 2.75) is 19.9 Å². The predicted molar refractivity (Wildman–Crippen MR) is 88.5 cm³/mol. The van der Waals surface area contributed by atoms with Crippen LogP contribution < -0.4 is 0 Å². The Labute approximate surface area is 136 Å². The molecule has 2 aromatic rings. The fourth-order valence-corrected chi connectivity index (χ4v) is 3.14. The summed E-state index contributed by atoms with van der Waals surface area (Å²) in [5, 5.41) is 11.9. The molecule has 0 spiro atoms. The smallest absolute Gasteiger partial charge is 0.317 e. The van der Waals surface area contributed by atoms with E-state index in [1.54, 1.807) is 11.3 Å². The minimum absolute atomic E-state index is 0.0545. The Morgan fingerprint density at radius 2 is 2.10 bits per heavy atom. The van der Waals surface area contributed by atoms with Crippen molar-refractivity contribution < 1.29 is 9.90 Å². The minimum atomic E-state index is -0.799. The van der Waals surface area contributed by atoms with Crippen LogP contribution in [-0.4, -0.2) is 34.0 Å². The van der Waals surface area contributed by atoms with Crippen molar-refractivity contribution in [3.63, 3.8) is 0 Å². The van der Waals surface area contributed by atoms with Crippen LogP contribution in [-0.2, 0) is 11.3 Å². The lowest BCUT2D eigenvalue weighted by Gasteiger charge is -2.17. The maximum absolute atomic E-state index is 10.9. The third-order valence-electron chi connectivity index (χ3n) is 2.93. The number of nitrogens with zero attached hydrogens (tertiary/aromatic N) is 2. The first-order valence-electron chi connectivity index (χ1n) is 6.73. The Morgan fingerprint density at radius 3 is 2.71 bits per heavy atom. The van der Waals surface area contributed by atoms with Gasteiger partial charge in [0, 0.05) is 22.0 Å². The molecule has 0 radical (unpaired) electrons. The predicted octanol–water partition coefficient (Wildman–Crippen LogP) is 3.87. The third kappa shape index (κ3) is 4.91. The Kier molecular flexibility index (Phi) is 5.90. The van der Waals surface area contributed by atoms with E-state index in [1.807, 2.05) is 41.5 Å².